The van der Waals surface area contributed by atoms with Gasteiger partial charge in [0.25, 0.3) is 11.8 Å². The Hall–Kier alpha value is -2.40. The topological polar surface area (TPSA) is 104 Å². The van der Waals surface area contributed by atoms with E-state index in [0.29, 0.717) is 16.5 Å². The van der Waals surface area contributed by atoms with Crippen LogP contribution < -0.4 is 10.9 Å². The molecule has 104 valence electrons. The first kappa shape index (κ1) is 14.0. The lowest BCUT2D eigenvalue weighted by Crippen LogP contribution is -2.29. The number of nitrogens with one attached hydrogen (secondary N) is 2. The molecule has 2 heterocycles. The van der Waals surface area contributed by atoms with Crippen LogP contribution in [0.4, 0.5) is 5.88 Å². The molecule has 0 aliphatic rings. The van der Waals surface area contributed by atoms with Gasteiger partial charge in [-0.1, -0.05) is 13.8 Å². The number of thiazole rings is 1. The smallest absolute Gasteiger partial charge is 0.281 e. The molecule has 0 aliphatic carbocycles. The third kappa shape index (κ3) is 2.78. The van der Waals surface area contributed by atoms with Gasteiger partial charge in [-0.25, -0.2) is 9.97 Å². The molecule has 2 N–H and O–H groups in total. The third-order valence-electron chi connectivity index (χ3n) is 2.48. The molecule has 0 aliphatic heterocycles. The second kappa shape index (κ2) is 5.71. The highest BCUT2D eigenvalue weighted by atomic mass is 32.1. The zero-order chi connectivity index (χ0) is 14.7. The molecule has 0 radical (unpaired) electrons. The quantitative estimate of drug-likeness (QED) is 0.837. The van der Waals surface area contributed by atoms with Crippen LogP contribution in [0, 0.1) is 18.3 Å². The van der Waals surface area contributed by atoms with E-state index in [0.717, 1.165) is 0 Å². The lowest BCUT2D eigenvalue weighted by Gasteiger charge is -2.04. The lowest BCUT2D eigenvalue weighted by molar-refractivity contribution is 0.0964. The Morgan fingerprint density at radius 3 is 2.85 bits per heavy atom. The number of oxazole rings is 1. The van der Waals surface area contributed by atoms with E-state index in [1.807, 2.05) is 19.9 Å². The van der Waals surface area contributed by atoms with Crippen molar-refractivity contribution in [1.82, 2.24) is 15.4 Å². The van der Waals surface area contributed by atoms with Crippen LogP contribution in [-0.2, 0) is 0 Å². The first-order valence-corrected chi connectivity index (χ1v) is 6.78. The first-order valence-electron chi connectivity index (χ1n) is 5.90. The zero-order valence-corrected chi connectivity index (χ0v) is 12.0. The van der Waals surface area contributed by atoms with Gasteiger partial charge in [0, 0.05) is 5.92 Å². The van der Waals surface area contributed by atoms with Gasteiger partial charge in [-0.2, -0.15) is 5.26 Å². The maximum atomic E-state index is 11.9. The summed E-state index contributed by atoms with van der Waals surface area (Å²) >= 11 is 1.24. The van der Waals surface area contributed by atoms with Crippen LogP contribution in [0.3, 0.4) is 0 Å². The predicted octanol–water partition coefficient (Wildman–Crippen LogP) is 2.19. The predicted molar refractivity (Wildman–Crippen MR) is 73.2 cm³/mol. The van der Waals surface area contributed by atoms with Crippen molar-refractivity contribution in [1.29, 1.82) is 5.26 Å². The number of hydrazine groups is 1. The Balaban J connectivity index is 2.10. The molecule has 2 rings (SSSR count). The second-order valence-electron chi connectivity index (χ2n) is 4.34. The van der Waals surface area contributed by atoms with Crippen LogP contribution in [-0.4, -0.2) is 15.9 Å². The SMILES string of the molecule is Cc1ncsc1C(=O)NNc1oc(C(C)C)nc1C#N. The van der Waals surface area contributed by atoms with E-state index < -0.39 is 0 Å². The zero-order valence-electron chi connectivity index (χ0n) is 11.2. The molecule has 0 unspecified atom stereocenters. The Morgan fingerprint density at radius 1 is 1.55 bits per heavy atom. The van der Waals surface area contributed by atoms with Crippen molar-refractivity contribution in [2.75, 3.05) is 5.43 Å². The molecular formula is C12H13N5O2S. The van der Waals surface area contributed by atoms with Crippen molar-refractivity contribution in [2.24, 2.45) is 0 Å². The van der Waals surface area contributed by atoms with E-state index in [1.54, 1.807) is 12.4 Å². The van der Waals surface area contributed by atoms with Crippen molar-refractivity contribution in [3.63, 3.8) is 0 Å². The van der Waals surface area contributed by atoms with E-state index in [2.05, 4.69) is 20.8 Å². The van der Waals surface area contributed by atoms with Crippen molar-refractivity contribution < 1.29 is 9.21 Å². The largest absolute Gasteiger partial charge is 0.422 e. The van der Waals surface area contributed by atoms with Crippen molar-refractivity contribution >= 4 is 23.1 Å². The molecule has 20 heavy (non-hydrogen) atoms. The van der Waals surface area contributed by atoms with E-state index >= 15 is 0 Å². The number of anilines is 1. The number of carbonyl (C=O) groups excluding carboxylic acids is 1. The van der Waals surface area contributed by atoms with Gasteiger partial charge in [0.2, 0.25) is 11.6 Å². The molecule has 0 aromatic carbocycles. The Morgan fingerprint density at radius 2 is 2.30 bits per heavy atom. The summed E-state index contributed by atoms with van der Waals surface area (Å²) in [5, 5.41) is 8.97. The normalized spacial score (nSPS) is 10.3. The molecule has 0 saturated carbocycles. The summed E-state index contributed by atoms with van der Waals surface area (Å²) in [6.45, 7) is 5.55. The average molecular weight is 291 g/mol. The van der Waals surface area contributed by atoms with Gasteiger partial charge >= 0.3 is 0 Å². The molecule has 2 aromatic heterocycles. The Kier molecular flexibility index (Phi) is 4.00. The van der Waals surface area contributed by atoms with E-state index in [-0.39, 0.29) is 23.4 Å². The van der Waals surface area contributed by atoms with Crippen molar-refractivity contribution in [3.05, 3.63) is 27.7 Å². The number of carbonyl (C=O) groups is 1. The summed E-state index contributed by atoms with van der Waals surface area (Å²) in [6, 6.07) is 1.91. The number of hydrogen-bond acceptors (Lipinski definition) is 7. The van der Waals surface area contributed by atoms with Gasteiger partial charge < -0.3 is 4.42 Å². The number of hydrogen-bond donors (Lipinski definition) is 2. The second-order valence-corrected chi connectivity index (χ2v) is 5.20. The van der Waals surface area contributed by atoms with Crippen LogP contribution in [0.1, 0.15) is 46.7 Å². The molecule has 0 fully saturated rings. The van der Waals surface area contributed by atoms with E-state index in [1.165, 1.54) is 11.3 Å². The monoisotopic (exact) mass is 291 g/mol. The molecule has 0 atom stereocenters. The number of nitrogens with zero attached hydrogens (tertiary/aromatic N) is 3. The number of rotatable bonds is 4. The first-order chi connectivity index (χ1) is 9.52. The number of amides is 1. The highest BCUT2D eigenvalue weighted by molar-refractivity contribution is 7.11. The Labute approximate surface area is 119 Å². The van der Waals surface area contributed by atoms with Crippen molar-refractivity contribution in [2.45, 2.75) is 26.7 Å². The molecule has 0 bridgehead atoms. The number of aromatic nitrogens is 2. The van der Waals surface area contributed by atoms with Crippen LogP contribution >= 0.6 is 11.3 Å². The standard InChI is InChI=1S/C12H13N5O2S/c1-6(2)11-15-8(4-13)12(19-11)17-16-10(18)9-7(3)14-5-20-9/h5-6,17H,1-3H3,(H,16,18). The molecule has 8 heteroatoms. The molecular weight excluding hydrogens is 278 g/mol. The molecule has 1 amide bonds. The molecule has 0 saturated heterocycles. The van der Waals surface area contributed by atoms with Gasteiger partial charge in [0.05, 0.1) is 11.2 Å². The van der Waals surface area contributed by atoms with Crippen LogP contribution in [0.25, 0.3) is 0 Å². The molecule has 0 spiro atoms. The van der Waals surface area contributed by atoms with Crippen LogP contribution in [0.5, 0.6) is 0 Å². The highest BCUT2D eigenvalue weighted by Crippen LogP contribution is 2.21. The Bertz CT molecular complexity index is 668. The van der Waals surface area contributed by atoms with Crippen molar-refractivity contribution in [3.8, 4) is 6.07 Å². The third-order valence-corrected chi connectivity index (χ3v) is 3.41. The van der Waals surface area contributed by atoms with Crippen LogP contribution in [0.2, 0.25) is 0 Å². The number of nitriles is 1. The highest BCUT2D eigenvalue weighted by Gasteiger charge is 2.17. The van der Waals surface area contributed by atoms with Gasteiger partial charge in [-0.3, -0.25) is 15.6 Å². The summed E-state index contributed by atoms with van der Waals surface area (Å²) in [4.78, 5) is 20.4. The fourth-order valence-electron chi connectivity index (χ4n) is 1.43. The van der Waals surface area contributed by atoms with E-state index in [9.17, 15) is 4.79 Å². The fraction of sp³-hybridized carbons (Fsp3) is 0.333. The maximum Gasteiger partial charge on any atom is 0.281 e. The van der Waals surface area contributed by atoms with Gasteiger partial charge in [0.15, 0.2) is 0 Å². The minimum Gasteiger partial charge on any atom is -0.422 e. The van der Waals surface area contributed by atoms with E-state index in [4.69, 9.17) is 9.68 Å². The minimum atomic E-state index is -0.337. The van der Waals surface area contributed by atoms with Crippen LogP contribution in [0.15, 0.2) is 9.93 Å². The van der Waals surface area contributed by atoms with Gasteiger partial charge in [-0.05, 0) is 6.92 Å². The summed E-state index contributed by atoms with van der Waals surface area (Å²) in [6.07, 6.45) is 0. The maximum absolute atomic E-state index is 11.9. The summed E-state index contributed by atoms with van der Waals surface area (Å²) < 4.78 is 5.39. The summed E-state index contributed by atoms with van der Waals surface area (Å²) in [7, 11) is 0. The summed E-state index contributed by atoms with van der Waals surface area (Å²) in [5.74, 6) is 0.285. The minimum absolute atomic E-state index is 0.0529. The van der Waals surface area contributed by atoms with Gasteiger partial charge in [-0.15, -0.1) is 11.3 Å². The molecule has 2 aromatic rings. The summed E-state index contributed by atoms with van der Waals surface area (Å²) in [5.41, 5.74) is 7.40. The fourth-order valence-corrected chi connectivity index (χ4v) is 2.13. The van der Waals surface area contributed by atoms with Gasteiger partial charge in [0.1, 0.15) is 10.9 Å². The number of aryl methyl sites for hydroxylation is 1. The lowest BCUT2D eigenvalue weighted by atomic mass is 10.2. The molecule has 7 nitrogen and oxygen atoms in total. The average Bonchev–Trinajstić information content (AvgIpc) is 3.01.